The second kappa shape index (κ2) is 9.25. The van der Waals surface area contributed by atoms with Crippen molar-refractivity contribution in [1.82, 2.24) is 14.5 Å². The number of ether oxygens (including phenoxy) is 1. The van der Waals surface area contributed by atoms with Crippen molar-refractivity contribution in [3.8, 4) is 17.3 Å². The second-order valence-corrected chi connectivity index (χ2v) is 8.35. The van der Waals surface area contributed by atoms with Crippen molar-refractivity contribution in [2.45, 2.75) is 18.9 Å². The van der Waals surface area contributed by atoms with Crippen molar-refractivity contribution in [3.05, 3.63) is 82.5 Å². The summed E-state index contributed by atoms with van der Waals surface area (Å²) in [5.41, 5.74) is -1.35. The normalized spacial score (nSPS) is 15.4. The number of aromatic nitrogens is 3. The van der Waals surface area contributed by atoms with Crippen molar-refractivity contribution in [2.75, 3.05) is 18.1 Å². The van der Waals surface area contributed by atoms with E-state index in [-0.39, 0.29) is 40.7 Å². The first kappa shape index (κ1) is 23.2. The Hall–Kier alpha value is -4.54. The molecule has 0 spiro atoms. The number of fused-ring (bicyclic) bond motifs is 1. The molecule has 1 saturated heterocycles. The van der Waals surface area contributed by atoms with Crippen LogP contribution in [0.25, 0.3) is 16.6 Å². The van der Waals surface area contributed by atoms with Crippen LogP contribution in [-0.2, 0) is 0 Å². The van der Waals surface area contributed by atoms with Crippen LogP contribution in [-0.4, -0.2) is 49.9 Å². The van der Waals surface area contributed by atoms with E-state index >= 15 is 4.39 Å². The number of nitrogens with zero attached hydrogens (tertiary/aromatic N) is 4. The standard InChI is InChI=1S/C25H20F2N4O5/c26-18-8-15(32)3-4-20(18)31-12-17(25(34)35)24(33)16-9-19(27)22(10-21(16)31)30-7-1-2-14(30)13-36-23-11-28-5-6-29-23/h3-6,8-12,14,32H,1-2,7,13H2,(H,34,35)/t14-/m1/s1. The molecular formula is C25H20F2N4O5. The van der Waals surface area contributed by atoms with Gasteiger partial charge in [-0.15, -0.1) is 0 Å². The van der Waals surface area contributed by atoms with Gasteiger partial charge < -0.3 is 24.4 Å². The zero-order valence-corrected chi connectivity index (χ0v) is 18.8. The van der Waals surface area contributed by atoms with Crippen LogP contribution in [0.2, 0.25) is 0 Å². The molecule has 1 aliphatic heterocycles. The van der Waals surface area contributed by atoms with Gasteiger partial charge in [0.25, 0.3) is 0 Å². The number of carboxylic acids is 1. The summed E-state index contributed by atoms with van der Waals surface area (Å²) in [7, 11) is 0. The molecule has 1 fully saturated rings. The lowest BCUT2D eigenvalue weighted by atomic mass is 10.1. The quantitative estimate of drug-likeness (QED) is 0.418. The number of aromatic hydroxyl groups is 1. The van der Waals surface area contributed by atoms with Crippen LogP contribution in [0.4, 0.5) is 14.5 Å². The van der Waals surface area contributed by atoms with Crippen LogP contribution in [0.1, 0.15) is 23.2 Å². The van der Waals surface area contributed by atoms with Gasteiger partial charge in [-0.3, -0.25) is 9.78 Å². The number of rotatable bonds is 6. The van der Waals surface area contributed by atoms with Gasteiger partial charge in [-0.2, -0.15) is 0 Å². The predicted molar refractivity (Wildman–Crippen MR) is 126 cm³/mol. The Kier molecular flexibility index (Phi) is 5.96. The van der Waals surface area contributed by atoms with E-state index in [1.54, 1.807) is 4.90 Å². The topological polar surface area (TPSA) is 118 Å². The van der Waals surface area contributed by atoms with Crippen LogP contribution in [0.3, 0.4) is 0 Å². The van der Waals surface area contributed by atoms with E-state index < -0.39 is 28.6 Å². The predicted octanol–water partition coefficient (Wildman–Crippen LogP) is 3.51. The first-order chi connectivity index (χ1) is 17.3. The van der Waals surface area contributed by atoms with E-state index in [1.165, 1.54) is 41.4 Å². The van der Waals surface area contributed by atoms with Gasteiger partial charge in [0.05, 0.1) is 29.1 Å². The Bertz CT molecular complexity index is 1530. The summed E-state index contributed by atoms with van der Waals surface area (Å²) < 4.78 is 37.1. The van der Waals surface area contributed by atoms with Crippen LogP contribution >= 0.6 is 0 Å². The maximum atomic E-state index is 15.4. The summed E-state index contributed by atoms with van der Waals surface area (Å²) in [4.78, 5) is 34.4. The van der Waals surface area contributed by atoms with E-state index in [2.05, 4.69) is 9.97 Å². The molecule has 4 aromatic rings. The van der Waals surface area contributed by atoms with E-state index in [0.717, 1.165) is 31.2 Å². The SMILES string of the molecule is O=C(O)c1cn(-c2ccc(O)cc2F)c2cc(N3CCC[C@@H]3COc3cnccn3)c(F)cc2c1=O. The molecule has 0 bridgehead atoms. The number of pyridine rings is 1. The Morgan fingerprint density at radius 2 is 1.94 bits per heavy atom. The number of hydrogen-bond acceptors (Lipinski definition) is 7. The number of carboxylic acid groups (broad SMARTS) is 1. The number of anilines is 1. The highest BCUT2D eigenvalue weighted by Crippen LogP contribution is 2.33. The van der Waals surface area contributed by atoms with E-state index in [4.69, 9.17) is 4.74 Å². The highest BCUT2D eigenvalue weighted by Gasteiger charge is 2.29. The fraction of sp³-hybridized carbons (Fsp3) is 0.200. The molecule has 11 heteroatoms. The van der Waals surface area contributed by atoms with Gasteiger partial charge >= 0.3 is 5.97 Å². The summed E-state index contributed by atoms with van der Waals surface area (Å²) in [6, 6.07) is 5.52. The fourth-order valence-corrected chi connectivity index (χ4v) is 4.46. The highest BCUT2D eigenvalue weighted by atomic mass is 19.1. The van der Waals surface area contributed by atoms with Gasteiger partial charge in [0.1, 0.15) is 23.7 Å². The average molecular weight is 494 g/mol. The minimum Gasteiger partial charge on any atom is -0.508 e. The summed E-state index contributed by atoms with van der Waals surface area (Å²) in [5.74, 6) is -3.08. The molecule has 0 amide bonds. The number of benzene rings is 2. The molecular weight excluding hydrogens is 474 g/mol. The molecule has 0 saturated carbocycles. The minimum absolute atomic E-state index is 0.109. The zero-order valence-electron chi connectivity index (χ0n) is 18.8. The van der Waals surface area contributed by atoms with Gasteiger partial charge in [0.15, 0.2) is 5.82 Å². The molecule has 9 nitrogen and oxygen atoms in total. The summed E-state index contributed by atoms with van der Waals surface area (Å²) >= 11 is 0. The van der Waals surface area contributed by atoms with Crippen molar-refractivity contribution < 1.29 is 28.5 Å². The fourth-order valence-electron chi connectivity index (χ4n) is 4.46. The molecule has 1 atom stereocenters. The van der Waals surface area contributed by atoms with Crippen LogP contribution in [0.5, 0.6) is 11.6 Å². The van der Waals surface area contributed by atoms with Gasteiger partial charge in [-0.1, -0.05) is 0 Å². The first-order valence-electron chi connectivity index (χ1n) is 11.1. The molecule has 3 heterocycles. The maximum absolute atomic E-state index is 15.4. The Labute approximate surface area is 202 Å². The number of carbonyl (C=O) groups is 1. The molecule has 184 valence electrons. The molecule has 36 heavy (non-hydrogen) atoms. The average Bonchev–Trinajstić information content (AvgIpc) is 3.32. The zero-order chi connectivity index (χ0) is 25.4. The molecule has 0 radical (unpaired) electrons. The van der Waals surface area contributed by atoms with Gasteiger partial charge in [0, 0.05) is 36.6 Å². The van der Waals surface area contributed by atoms with Crippen molar-refractivity contribution in [3.63, 3.8) is 0 Å². The monoisotopic (exact) mass is 494 g/mol. The lowest BCUT2D eigenvalue weighted by Gasteiger charge is -2.27. The minimum atomic E-state index is -1.53. The number of aromatic carboxylic acids is 1. The molecule has 2 aromatic heterocycles. The molecule has 0 unspecified atom stereocenters. The van der Waals surface area contributed by atoms with Crippen LogP contribution in [0.15, 0.2) is 59.9 Å². The first-order valence-corrected chi connectivity index (χ1v) is 11.1. The van der Waals surface area contributed by atoms with Crippen LogP contribution < -0.4 is 15.1 Å². The highest BCUT2D eigenvalue weighted by molar-refractivity contribution is 5.94. The van der Waals surface area contributed by atoms with Gasteiger partial charge in [-0.25, -0.2) is 18.6 Å². The van der Waals surface area contributed by atoms with E-state index in [1.807, 2.05) is 0 Å². The third-order valence-corrected chi connectivity index (χ3v) is 6.14. The van der Waals surface area contributed by atoms with Gasteiger partial charge in [0.2, 0.25) is 11.3 Å². The third-order valence-electron chi connectivity index (χ3n) is 6.14. The molecule has 1 aliphatic rings. The van der Waals surface area contributed by atoms with E-state index in [9.17, 15) is 24.2 Å². The second-order valence-electron chi connectivity index (χ2n) is 8.35. The van der Waals surface area contributed by atoms with Crippen molar-refractivity contribution in [1.29, 1.82) is 0 Å². The molecule has 0 aliphatic carbocycles. The molecule has 2 aromatic carbocycles. The lowest BCUT2D eigenvalue weighted by molar-refractivity contribution is 0.0695. The summed E-state index contributed by atoms with van der Waals surface area (Å²) in [6.45, 7) is 0.732. The Balaban J connectivity index is 1.63. The third kappa shape index (κ3) is 4.19. The number of phenolic OH excluding ortho intramolecular Hbond substituents is 1. The molecule has 5 rings (SSSR count). The Morgan fingerprint density at radius 1 is 1.14 bits per heavy atom. The number of hydrogen-bond donors (Lipinski definition) is 2. The largest absolute Gasteiger partial charge is 0.508 e. The van der Waals surface area contributed by atoms with Crippen molar-refractivity contribution in [2.24, 2.45) is 0 Å². The smallest absolute Gasteiger partial charge is 0.341 e. The number of phenols is 1. The van der Waals surface area contributed by atoms with E-state index in [0.29, 0.717) is 12.4 Å². The maximum Gasteiger partial charge on any atom is 0.341 e. The summed E-state index contributed by atoms with van der Waals surface area (Å²) in [5, 5.41) is 18.9. The van der Waals surface area contributed by atoms with Gasteiger partial charge in [-0.05, 0) is 37.1 Å². The lowest BCUT2D eigenvalue weighted by Crippen LogP contribution is -2.35. The van der Waals surface area contributed by atoms with Crippen molar-refractivity contribution >= 4 is 22.6 Å². The number of halogens is 2. The van der Waals surface area contributed by atoms with Crippen LogP contribution in [0, 0.1) is 11.6 Å². The Morgan fingerprint density at radius 3 is 2.67 bits per heavy atom. The molecule has 2 N–H and O–H groups in total. The summed E-state index contributed by atoms with van der Waals surface area (Å²) in [6.07, 6.45) is 6.98.